The molecule has 1 atom stereocenters. The summed E-state index contributed by atoms with van der Waals surface area (Å²) in [6.07, 6.45) is 55.4. The van der Waals surface area contributed by atoms with E-state index in [-0.39, 0.29) is 31.1 Å². The molecule has 0 aliphatic rings. The summed E-state index contributed by atoms with van der Waals surface area (Å²) in [4.78, 5) is 37.8. The number of ether oxygens (including phenoxy) is 3. The zero-order chi connectivity index (χ0) is 42.3. The fraction of sp³-hybridized carbons (Fsp3) is 0.788. The van der Waals surface area contributed by atoms with Crippen molar-refractivity contribution < 1.29 is 28.6 Å². The fourth-order valence-corrected chi connectivity index (χ4v) is 6.87. The second-order valence-electron chi connectivity index (χ2n) is 16.3. The highest BCUT2D eigenvalue weighted by Crippen LogP contribution is 2.15. The van der Waals surface area contributed by atoms with Crippen LogP contribution in [0.15, 0.2) is 48.6 Å². The first-order valence-electron chi connectivity index (χ1n) is 24.6. The summed E-state index contributed by atoms with van der Waals surface area (Å²) < 4.78 is 16.7. The van der Waals surface area contributed by atoms with E-state index in [1.807, 2.05) is 0 Å². The number of hydrogen-bond donors (Lipinski definition) is 0. The standard InChI is InChI=1S/C52H92O6/c1-4-7-10-13-16-19-21-23-25-26-27-29-30-33-36-39-42-45-51(54)57-48-49(47-56-50(53)44-41-38-35-32-18-15-12-9-6-3)58-52(55)46-43-40-37-34-31-28-24-22-20-17-14-11-8-5-2/h8,11,17,20,24,28,32,35,49H,4-7,9-10,12-16,18-19,21-23,25-27,29-31,33-34,36-48H2,1-3H3/b11-8-,20-17-,28-24-,35-32-. The Balaban J connectivity index is 4.34. The van der Waals surface area contributed by atoms with Gasteiger partial charge in [0.1, 0.15) is 13.2 Å². The zero-order valence-electron chi connectivity index (χ0n) is 38.3. The number of allylic oxidation sites excluding steroid dienone is 8. The molecule has 0 aromatic carbocycles. The molecule has 0 aliphatic heterocycles. The Labute approximate surface area is 358 Å². The quantitative estimate of drug-likeness (QED) is 0.0264. The Bertz CT molecular complexity index is 1030. The molecule has 1 unspecified atom stereocenters. The first kappa shape index (κ1) is 55.4. The second-order valence-corrected chi connectivity index (χ2v) is 16.3. The van der Waals surface area contributed by atoms with E-state index in [1.54, 1.807) is 0 Å². The molecule has 0 radical (unpaired) electrons. The third-order valence-corrected chi connectivity index (χ3v) is 10.6. The van der Waals surface area contributed by atoms with Gasteiger partial charge in [0.25, 0.3) is 0 Å². The van der Waals surface area contributed by atoms with Crippen LogP contribution in [0.3, 0.4) is 0 Å². The van der Waals surface area contributed by atoms with Crippen molar-refractivity contribution in [3.8, 4) is 0 Å². The van der Waals surface area contributed by atoms with Crippen LogP contribution >= 0.6 is 0 Å². The number of esters is 3. The summed E-state index contributed by atoms with van der Waals surface area (Å²) in [5.41, 5.74) is 0. The molecule has 336 valence electrons. The maximum Gasteiger partial charge on any atom is 0.306 e. The summed E-state index contributed by atoms with van der Waals surface area (Å²) in [7, 11) is 0. The Kier molecular flexibility index (Phi) is 44.9. The molecule has 0 spiro atoms. The average Bonchev–Trinajstić information content (AvgIpc) is 3.22. The predicted octanol–water partition coefficient (Wildman–Crippen LogP) is 15.9. The van der Waals surface area contributed by atoms with Gasteiger partial charge in [-0.3, -0.25) is 14.4 Å². The van der Waals surface area contributed by atoms with E-state index >= 15 is 0 Å². The lowest BCUT2D eigenvalue weighted by Crippen LogP contribution is -2.30. The van der Waals surface area contributed by atoms with E-state index in [0.29, 0.717) is 25.7 Å². The topological polar surface area (TPSA) is 78.9 Å². The molecule has 58 heavy (non-hydrogen) atoms. The highest BCUT2D eigenvalue weighted by molar-refractivity contribution is 5.71. The Morgan fingerprint density at radius 3 is 1.16 bits per heavy atom. The highest BCUT2D eigenvalue weighted by atomic mass is 16.6. The minimum atomic E-state index is -0.791. The zero-order valence-corrected chi connectivity index (χ0v) is 38.3. The van der Waals surface area contributed by atoms with E-state index < -0.39 is 6.10 Å². The molecule has 0 saturated heterocycles. The summed E-state index contributed by atoms with van der Waals surface area (Å²) in [5.74, 6) is -0.944. The van der Waals surface area contributed by atoms with Gasteiger partial charge in [0.15, 0.2) is 6.10 Å². The lowest BCUT2D eigenvalue weighted by molar-refractivity contribution is -0.167. The molecule has 0 heterocycles. The van der Waals surface area contributed by atoms with Gasteiger partial charge in [0, 0.05) is 19.3 Å². The summed E-state index contributed by atoms with van der Waals surface area (Å²) in [6, 6.07) is 0. The third-order valence-electron chi connectivity index (χ3n) is 10.6. The van der Waals surface area contributed by atoms with Crippen LogP contribution in [-0.2, 0) is 28.6 Å². The van der Waals surface area contributed by atoms with E-state index in [2.05, 4.69) is 69.4 Å². The SMILES string of the molecule is CC/C=C\C/C=C\C/C=C\CCCCCCC(=O)OC(COC(=O)CCC/C=C\CCCCCC)COC(=O)CCCCCCCCCCCCCCCCCCC. The van der Waals surface area contributed by atoms with Crippen molar-refractivity contribution in [3.05, 3.63) is 48.6 Å². The average molecular weight is 813 g/mol. The maximum atomic E-state index is 12.7. The predicted molar refractivity (Wildman–Crippen MR) is 247 cm³/mol. The molecule has 6 heteroatoms. The molecule has 0 rings (SSSR count). The van der Waals surface area contributed by atoms with E-state index in [4.69, 9.17) is 14.2 Å². The van der Waals surface area contributed by atoms with Crippen LogP contribution in [0.25, 0.3) is 0 Å². The molecular formula is C52H92O6. The van der Waals surface area contributed by atoms with Crippen LogP contribution in [0.5, 0.6) is 0 Å². The number of carbonyl (C=O) groups excluding carboxylic acids is 3. The van der Waals surface area contributed by atoms with Crippen LogP contribution in [0.2, 0.25) is 0 Å². The molecule has 0 aromatic rings. The molecule has 6 nitrogen and oxygen atoms in total. The molecule has 0 aromatic heterocycles. The Morgan fingerprint density at radius 2 is 0.690 bits per heavy atom. The van der Waals surface area contributed by atoms with Gasteiger partial charge in [0.2, 0.25) is 0 Å². The summed E-state index contributed by atoms with van der Waals surface area (Å²) in [5, 5.41) is 0. The lowest BCUT2D eigenvalue weighted by atomic mass is 10.0. The number of rotatable bonds is 44. The minimum Gasteiger partial charge on any atom is -0.462 e. The monoisotopic (exact) mass is 813 g/mol. The van der Waals surface area contributed by atoms with Crippen LogP contribution in [0.1, 0.15) is 245 Å². The van der Waals surface area contributed by atoms with E-state index in [9.17, 15) is 14.4 Å². The first-order chi connectivity index (χ1) is 28.5. The second kappa shape index (κ2) is 47.1. The highest BCUT2D eigenvalue weighted by Gasteiger charge is 2.19. The number of hydrogen-bond acceptors (Lipinski definition) is 6. The van der Waals surface area contributed by atoms with E-state index in [1.165, 1.54) is 116 Å². The third kappa shape index (κ3) is 44.5. The molecule has 0 amide bonds. The lowest BCUT2D eigenvalue weighted by Gasteiger charge is -2.18. The van der Waals surface area contributed by atoms with Crippen molar-refractivity contribution in [1.82, 2.24) is 0 Å². The molecule has 0 saturated carbocycles. The van der Waals surface area contributed by atoms with Gasteiger partial charge >= 0.3 is 17.9 Å². The van der Waals surface area contributed by atoms with Crippen molar-refractivity contribution in [1.29, 1.82) is 0 Å². The normalized spacial score (nSPS) is 12.4. The Morgan fingerprint density at radius 1 is 0.362 bits per heavy atom. The van der Waals surface area contributed by atoms with Gasteiger partial charge in [0.05, 0.1) is 0 Å². The van der Waals surface area contributed by atoms with Crippen molar-refractivity contribution in [2.45, 2.75) is 252 Å². The van der Waals surface area contributed by atoms with Crippen LogP contribution < -0.4 is 0 Å². The molecule has 0 fully saturated rings. The van der Waals surface area contributed by atoms with Crippen molar-refractivity contribution >= 4 is 17.9 Å². The van der Waals surface area contributed by atoms with Gasteiger partial charge in [-0.25, -0.2) is 0 Å². The Hall–Kier alpha value is -2.63. The van der Waals surface area contributed by atoms with Gasteiger partial charge in [-0.05, 0) is 70.6 Å². The molecule has 0 N–H and O–H groups in total. The largest absolute Gasteiger partial charge is 0.462 e. The molecule has 0 aliphatic carbocycles. The van der Waals surface area contributed by atoms with Crippen LogP contribution in [0, 0.1) is 0 Å². The van der Waals surface area contributed by atoms with Crippen LogP contribution in [0.4, 0.5) is 0 Å². The number of unbranched alkanes of at least 4 members (excludes halogenated alkanes) is 25. The molecular weight excluding hydrogens is 721 g/mol. The van der Waals surface area contributed by atoms with Gasteiger partial charge in [-0.1, -0.05) is 204 Å². The minimum absolute atomic E-state index is 0.0887. The summed E-state index contributed by atoms with van der Waals surface area (Å²) in [6.45, 7) is 6.46. The summed E-state index contributed by atoms with van der Waals surface area (Å²) >= 11 is 0. The van der Waals surface area contributed by atoms with Crippen molar-refractivity contribution in [3.63, 3.8) is 0 Å². The van der Waals surface area contributed by atoms with Crippen molar-refractivity contribution in [2.24, 2.45) is 0 Å². The maximum absolute atomic E-state index is 12.7. The van der Waals surface area contributed by atoms with Crippen LogP contribution in [-0.4, -0.2) is 37.2 Å². The van der Waals surface area contributed by atoms with Gasteiger partial charge in [-0.15, -0.1) is 0 Å². The smallest absolute Gasteiger partial charge is 0.306 e. The fourth-order valence-electron chi connectivity index (χ4n) is 6.87. The first-order valence-corrected chi connectivity index (χ1v) is 24.6. The van der Waals surface area contributed by atoms with Gasteiger partial charge < -0.3 is 14.2 Å². The van der Waals surface area contributed by atoms with Crippen molar-refractivity contribution in [2.75, 3.05) is 13.2 Å². The van der Waals surface area contributed by atoms with Gasteiger partial charge in [-0.2, -0.15) is 0 Å². The van der Waals surface area contributed by atoms with E-state index in [0.717, 1.165) is 83.5 Å². The number of carbonyl (C=O) groups is 3. The molecule has 0 bridgehead atoms.